The summed E-state index contributed by atoms with van der Waals surface area (Å²) in [6, 6.07) is 16.7. The summed E-state index contributed by atoms with van der Waals surface area (Å²) in [5.74, 6) is -1.49. The molecule has 2 aromatic carbocycles. The second-order valence-electron chi connectivity index (χ2n) is 6.73. The first-order valence-electron chi connectivity index (χ1n) is 8.78. The maximum Gasteiger partial charge on any atom is 0.179 e. The zero-order valence-electron chi connectivity index (χ0n) is 14.5. The molecule has 0 spiro atoms. The van der Waals surface area contributed by atoms with E-state index >= 15 is 0 Å². The van der Waals surface area contributed by atoms with Gasteiger partial charge in [0, 0.05) is 5.56 Å². The molecule has 3 unspecified atom stereocenters. The van der Waals surface area contributed by atoms with Gasteiger partial charge in [-0.3, -0.25) is 14.6 Å². The predicted octanol–water partition coefficient (Wildman–Crippen LogP) is 3.98. The van der Waals surface area contributed by atoms with Crippen molar-refractivity contribution in [3.05, 3.63) is 95.6 Å². The summed E-state index contributed by atoms with van der Waals surface area (Å²) in [6.45, 7) is 1.97. The van der Waals surface area contributed by atoms with Crippen LogP contribution in [0.2, 0.25) is 0 Å². The zero-order valence-corrected chi connectivity index (χ0v) is 14.5. The van der Waals surface area contributed by atoms with Crippen molar-refractivity contribution >= 4 is 17.3 Å². The van der Waals surface area contributed by atoms with E-state index in [1.165, 1.54) is 0 Å². The molecule has 2 aliphatic rings. The normalized spacial score (nSPS) is 24.1. The van der Waals surface area contributed by atoms with Gasteiger partial charge in [0.2, 0.25) is 0 Å². The number of benzene rings is 2. The molecule has 0 radical (unpaired) electrons. The molecular weight excluding hydrogens is 322 g/mol. The molecular formula is C23H19NO2. The molecule has 128 valence electrons. The quantitative estimate of drug-likeness (QED) is 0.626. The molecule has 4 rings (SSSR count). The fourth-order valence-electron chi connectivity index (χ4n) is 3.53. The molecule has 0 N–H and O–H groups in total. The monoisotopic (exact) mass is 341 g/mol. The molecule has 2 aromatic rings. The van der Waals surface area contributed by atoms with Gasteiger partial charge in [0.25, 0.3) is 0 Å². The van der Waals surface area contributed by atoms with Crippen molar-refractivity contribution in [1.82, 2.24) is 0 Å². The SMILES string of the molecule is Cc1ccc(C(=O)C2C(=O)C3C=CC=CC3N=C2c2ccccc2)cc1. The van der Waals surface area contributed by atoms with E-state index in [0.29, 0.717) is 11.3 Å². The third-order valence-corrected chi connectivity index (χ3v) is 4.95. The molecule has 0 saturated heterocycles. The minimum absolute atomic E-state index is 0.0740. The van der Waals surface area contributed by atoms with Crippen molar-refractivity contribution in [2.45, 2.75) is 13.0 Å². The molecule has 0 bridgehead atoms. The van der Waals surface area contributed by atoms with Crippen molar-refractivity contribution < 1.29 is 9.59 Å². The topological polar surface area (TPSA) is 46.5 Å². The zero-order chi connectivity index (χ0) is 18.1. The smallest absolute Gasteiger partial charge is 0.179 e. The van der Waals surface area contributed by atoms with Gasteiger partial charge in [-0.2, -0.15) is 0 Å². The van der Waals surface area contributed by atoms with Crippen LogP contribution in [0.25, 0.3) is 0 Å². The second kappa shape index (κ2) is 6.68. The predicted molar refractivity (Wildman–Crippen MR) is 103 cm³/mol. The van der Waals surface area contributed by atoms with Gasteiger partial charge in [0.05, 0.1) is 17.7 Å². The van der Waals surface area contributed by atoms with Crippen LogP contribution in [0, 0.1) is 18.8 Å². The van der Waals surface area contributed by atoms with Gasteiger partial charge in [0.15, 0.2) is 11.6 Å². The second-order valence-corrected chi connectivity index (χ2v) is 6.73. The Kier molecular flexibility index (Phi) is 4.21. The van der Waals surface area contributed by atoms with Crippen molar-refractivity contribution in [3.8, 4) is 0 Å². The van der Waals surface area contributed by atoms with Crippen LogP contribution in [0.15, 0.2) is 83.9 Å². The lowest BCUT2D eigenvalue weighted by Gasteiger charge is -2.31. The average Bonchev–Trinajstić information content (AvgIpc) is 2.69. The number of nitrogens with zero attached hydrogens (tertiary/aromatic N) is 1. The van der Waals surface area contributed by atoms with Crippen LogP contribution in [0.4, 0.5) is 0 Å². The number of allylic oxidation sites excluding steroid dienone is 2. The minimum atomic E-state index is -0.863. The molecule has 3 heteroatoms. The third-order valence-electron chi connectivity index (χ3n) is 4.95. The van der Waals surface area contributed by atoms with Gasteiger partial charge in [-0.15, -0.1) is 0 Å². The Balaban J connectivity index is 1.82. The van der Waals surface area contributed by atoms with Crippen molar-refractivity contribution in [1.29, 1.82) is 0 Å². The molecule has 3 nitrogen and oxygen atoms in total. The summed E-state index contributed by atoms with van der Waals surface area (Å²) < 4.78 is 0. The van der Waals surface area contributed by atoms with Gasteiger partial charge < -0.3 is 0 Å². The number of aryl methyl sites for hydroxylation is 1. The molecule has 26 heavy (non-hydrogen) atoms. The summed E-state index contributed by atoms with van der Waals surface area (Å²) in [4.78, 5) is 31.3. The first-order valence-corrected chi connectivity index (χ1v) is 8.78. The Labute approximate surface area is 152 Å². The van der Waals surface area contributed by atoms with E-state index in [-0.39, 0.29) is 23.5 Å². The number of carbonyl (C=O) groups is 2. The molecule has 0 saturated carbocycles. The van der Waals surface area contributed by atoms with E-state index in [2.05, 4.69) is 0 Å². The average molecular weight is 341 g/mol. The van der Waals surface area contributed by atoms with Gasteiger partial charge in [0.1, 0.15) is 5.92 Å². The largest absolute Gasteiger partial charge is 0.298 e. The number of carbonyl (C=O) groups excluding carboxylic acids is 2. The van der Waals surface area contributed by atoms with Gasteiger partial charge in [-0.1, -0.05) is 84.5 Å². The van der Waals surface area contributed by atoms with Crippen LogP contribution in [0.1, 0.15) is 21.5 Å². The standard InChI is InChI=1S/C23H19NO2/c1-15-11-13-17(14-12-15)22(25)20-21(16-7-3-2-4-8-16)24-19-10-6-5-9-18(19)23(20)26/h2-14,18-20H,1H3. The number of rotatable bonds is 3. The number of fused-ring (bicyclic) bond motifs is 1. The highest BCUT2D eigenvalue weighted by atomic mass is 16.2. The van der Waals surface area contributed by atoms with Crippen LogP contribution >= 0.6 is 0 Å². The Bertz CT molecular complexity index is 936. The molecule has 1 aliphatic heterocycles. The number of ketones is 2. The van der Waals surface area contributed by atoms with Crippen molar-refractivity contribution in [2.75, 3.05) is 0 Å². The summed E-state index contributed by atoms with van der Waals surface area (Å²) >= 11 is 0. The molecule has 0 amide bonds. The fourth-order valence-corrected chi connectivity index (χ4v) is 3.53. The highest BCUT2D eigenvalue weighted by molar-refractivity contribution is 6.31. The first kappa shape index (κ1) is 16.4. The van der Waals surface area contributed by atoms with E-state index < -0.39 is 5.92 Å². The van der Waals surface area contributed by atoms with Gasteiger partial charge >= 0.3 is 0 Å². The Morgan fingerprint density at radius 2 is 1.62 bits per heavy atom. The molecule has 1 aliphatic carbocycles. The van der Waals surface area contributed by atoms with E-state index in [0.717, 1.165) is 11.1 Å². The summed E-state index contributed by atoms with van der Waals surface area (Å²) in [5.41, 5.74) is 3.02. The van der Waals surface area contributed by atoms with Crippen molar-refractivity contribution in [2.24, 2.45) is 16.8 Å². The Morgan fingerprint density at radius 3 is 2.35 bits per heavy atom. The third kappa shape index (κ3) is 2.86. The Hall–Kier alpha value is -3.07. The van der Waals surface area contributed by atoms with E-state index in [4.69, 9.17) is 4.99 Å². The summed E-state index contributed by atoms with van der Waals surface area (Å²) in [7, 11) is 0. The number of aliphatic imine (C=N–C) groups is 1. The molecule has 0 fully saturated rings. The molecule has 3 atom stereocenters. The van der Waals surface area contributed by atoms with E-state index in [9.17, 15) is 9.59 Å². The van der Waals surface area contributed by atoms with Crippen LogP contribution in [0.3, 0.4) is 0 Å². The summed E-state index contributed by atoms with van der Waals surface area (Å²) in [6.07, 6.45) is 7.55. The molecule has 1 heterocycles. The number of hydrogen-bond acceptors (Lipinski definition) is 3. The highest BCUT2D eigenvalue weighted by Gasteiger charge is 2.43. The number of Topliss-reactive ketones (excluding diaryl/α,β-unsaturated/α-hetero) is 2. The summed E-state index contributed by atoms with van der Waals surface area (Å²) in [5, 5.41) is 0. The van der Waals surface area contributed by atoms with Crippen LogP contribution in [-0.4, -0.2) is 23.3 Å². The fraction of sp³-hybridized carbons (Fsp3) is 0.174. The van der Waals surface area contributed by atoms with Crippen LogP contribution in [-0.2, 0) is 4.79 Å². The maximum absolute atomic E-state index is 13.2. The highest BCUT2D eigenvalue weighted by Crippen LogP contribution is 2.31. The van der Waals surface area contributed by atoms with E-state index in [1.54, 1.807) is 12.1 Å². The first-order chi connectivity index (χ1) is 12.6. The van der Waals surface area contributed by atoms with E-state index in [1.807, 2.05) is 73.7 Å². The van der Waals surface area contributed by atoms with Crippen molar-refractivity contribution in [3.63, 3.8) is 0 Å². The lowest BCUT2D eigenvalue weighted by Crippen LogP contribution is -2.44. The van der Waals surface area contributed by atoms with Crippen LogP contribution in [0.5, 0.6) is 0 Å². The molecule has 0 aromatic heterocycles. The lowest BCUT2D eigenvalue weighted by atomic mass is 9.75. The number of hydrogen-bond donors (Lipinski definition) is 0. The maximum atomic E-state index is 13.2. The van der Waals surface area contributed by atoms with Crippen LogP contribution < -0.4 is 0 Å². The Morgan fingerprint density at radius 1 is 0.923 bits per heavy atom. The lowest BCUT2D eigenvalue weighted by molar-refractivity contribution is -0.123. The van der Waals surface area contributed by atoms with Gasteiger partial charge in [-0.05, 0) is 12.5 Å². The van der Waals surface area contributed by atoms with Gasteiger partial charge in [-0.25, -0.2) is 0 Å². The minimum Gasteiger partial charge on any atom is -0.298 e.